The molecule has 0 unspecified atom stereocenters. The number of nitrogens with two attached hydrogens (primary N) is 2. The van der Waals surface area contributed by atoms with Crippen LogP contribution in [-0.2, 0) is 17.8 Å². The lowest BCUT2D eigenvalue weighted by Crippen LogP contribution is -2.42. The topological polar surface area (TPSA) is 138 Å². The Morgan fingerprint density at radius 3 is 2.64 bits per heavy atom. The molecule has 5 aromatic rings. The van der Waals surface area contributed by atoms with E-state index in [-0.39, 0.29) is 5.91 Å². The number of aromatic nitrogens is 4. The third-order valence-electron chi connectivity index (χ3n) is 5.75. The first kappa shape index (κ1) is 20.7. The van der Waals surface area contributed by atoms with E-state index in [1.54, 1.807) is 0 Å². The highest BCUT2D eigenvalue weighted by Crippen LogP contribution is 2.30. The number of hydrogen-bond acceptors (Lipinski definition) is 5. The molecule has 0 bridgehead atoms. The van der Waals surface area contributed by atoms with Gasteiger partial charge >= 0.3 is 0 Å². The number of nitrogens with zero attached hydrogens (tertiary/aromatic N) is 2. The van der Waals surface area contributed by atoms with Gasteiger partial charge in [0.2, 0.25) is 5.91 Å². The lowest BCUT2D eigenvalue weighted by atomic mass is 10.0. The van der Waals surface area contributed by atoms with Crippen LogP contribution in [0.3, 0.4) is 0 Å². The molecule has 7 N–H and O–H groups in total. The Kier molecular flexibility index (Phi) is 5.27. The molecule has 0 aliphatic rings. The van der Waals surface area contributed by atoms with Gasteiger partial charge in [-0.1, -0.05) is 36.4 Å². The number of imidazole rings is 1. The number of anilines is 1. The third-order valence-corrected chi connectivity index (χ3v) is 5.75. The van der Waals surface area contributed by atoms with E-state index in [4.69, 9.17) is 11.5 Å². The molecule has 0 spiro atoms. The molecule has 1 amide bonds. The lowest BCUT2D eigenvalue weighted by molar-refractivity contribution is -0.120. The highest BCUT2D eigenvalue weighted by atomic mass is 16.1. The summed E-state index contributed by atoms with van der Waals surface area (Å²) in [6.45, 7) is 2.42. The Morgan fingerprint density at radius 1 is 1.03 bits per heavy atom. The predicted molar refractivity (Wildman–Crippen MR) is 130 cm³/mol. The number of nitrogen functional groups attached to an aromatic ring is 1. The van der Waals surface area contributed by atoms with E-state index < -0.39 is 6.04 Å². The smallest absolute Gasteiger partial charge is 0.234 e. The highest BCUT2D eigenvalue weighted by Gasteiger charge is 2.16. The number of fused-ring (bicyclic) bond motifs is 2. The Labute approximate surface area is 190 Å². The summed E-state index contributed by atoms with van der Waals surface area (Å²) in [6.07, 6.45) is 0.551. The second kappa shape index (κ2) is 8.40. The number of carbonyl (C=O) groups is 1. The summed E-state index contributed by atoms with van der Waals surface area (Å²) >= 11 is 0. The Balaban J connectivity index is 1.39. The fraction of sp³-hybridized carbons (Fsp3) is 0.160. The van der Waals surface area contributed by atoms with Gasteiger partial charge in [0.25, 0.3) is 0 Å². The van der Waals surface area contributed by atoms with Crippen LogP contribution < -0.4 is 16.8 Å². The van der Waals surface area contributed by atoms with E-state index in [9.17, 15) is 4.79 Å². The SMILES string of the molecule is Cc1nc2nc(N)cc(-c3cc4cc(CN[C@@H](Cc5ccccc5)C(N)=O)ccc4[nH]3)c2[nH]1. The summed E-state index contributed by atoms with van der Waals surface area (Å²) in [7, 11) is 0. The van der Waals surface area contributed by atoms with Gasteiger partial charge < -0.3 is 26.8 Å². The van der Waals surface area contributed by atoms with Crippen molar-refractivity contribution in [2.45, 2.75) is 25.9 Å². The average Bonchev–Trinajstić information content (AvgIpc) is 3.38. The molecule has 0 aliphatic heterocycles. The van der Waals surface area contributed by atoms with Crippen LogP contribution in [0.15, 0.2) is 60.7 Å². The summed E-state index contributed by atoms with van der Waals surface area (Å²) in [5, 5.41) is 4.36. The maximum atomic E-state index is 12.0. The number of rotatable bonds is 7. The number of pyridine rings is 1. The minimum Gasteiger partial charge on any atom is -0.384 e. The van der Waals surface area contributed by atoms with Gasteiger partial charge in [0.1, 0.15) is 11.6 Å². The molecule has 3 heterocycles. The van der Waals surface area contributed by atoms with Gasteiger partial charge in [-0.05, 0) is 48.7 Å². The van der Waals surface area contributed by atoms with E-state index in [0.29, 0.717) is 24.4 Å². The molecule has 0 fully saturated rings. The summed E-state index contributed by atoms with van der Waals surface area (Å²) < 4.78 is 0. The second-order valence-electron chi connectivity index (χ2n) is 8.25. The molecule has 0 saturated carbocycles. The zero-order chi connectivity index (χ0) is 22.9. The average molecular weight is 440 g/mol. The predicted octanol–water partition coefficient (Wildman–Crippen LogP) is 3.18. The van der Waals surface area contributed by atoms with Gasteiger partial charge in [-0.3, -0.25) is 4.79 Å². The molecule has 8 heteroatoms. The number of aryl methyl sites for hydroxylation is 1. The van der Waals surface area contributed by atoms with Crippen molar-refractivity contribution in [2.24, 2.45) is 5.73 Å². The van der Waals surface area contributed by atoms with Crippen molar-refractivity contribution in [3.63, 3.8) is 0 Å². The van der Waals surface area contributed by atoms with Crippen molar-refractivity contribution in [1.29, 1.82) is 0 Å². The molecule has 1 atom stereocenters. The Hall–Kier alpha value is -4.17. The highest BCUT2D eigenvalue weighted by molar-refractivity contribution is 5.95. The Morgan fingerprint density at radius 2 is 1.85 bits per heavy atom. The molecule has 2 aromatic carbocycles. The quantitative estimate of drug-likeness (QED) is 0.265. The van der Waals surface area contributed by atoms with E-state index in [1.807, 2.05) is 55.5 Å². The van der Waals surface area contributed by atoms with Crippen LogP contribution in [0.25, 0.3) is 33.3 Å². The van der Waals surface area contributed by atoms with Crippen molar-refractivity contribution in [3.05, 3.63) is 77.6 Å². The Bertz CT molecular complexity index is 1450. The van der Waals surface area contributed by atoms with Crippen LogP contribution in [0.1, 0.15) is 17.0 Å². The fourth-order valence-corrected chi connectivity index (χ4v) is 4.14. The van der Waals surface area contributed by atoms with E-state index in [2.05, 4.69) is 37.4 Å². The number of H-pyrrole nitrogens is 2. The third kappa shape index (κ3) is 4.28. The molecule has 166 valence electrons. The van der Waals surface area contributed by atoms with Crippen LogP contribution in [0.4, 0.5) is 5.82 Å². The number of primary amides is 1. The molecule has 3 aromatic heterocycles. The van der Waals surface area contributed by atoms with Gasteiger partial charge in [-0.25, -0.2) is 9.97 Å². The van der Waals surface area contributed by atoms with Gasteiger partial charge in [0.15, 0.2) is 5.65 Å². The van der Waals surface area contributed by atoms with Gasteiger partial charge in [-0.15, -0.1) is 0 Å². The minimum atomic E-state index is -0.443. The van der Waals surface area contributed by atoms with Crippen LogP contribution in [0.5, 0.6) is 0 Å². The van der Waals surface area contributed by atoms with Crippen LogP contribution >= 0.6 is 0 Å². The standard InChI is InChI=1S/C25H25N7O/c1-14-29-23-18(12-22(26)32-25(23)30-14)20-11-17-9-16(7-8-19(17)31-20)13-28-21(24(27)33)10-15-5-3-2-4-6-15/h2-9,11-12,21,28,31H,10,13H2,1H3,(H2,27,33)(H3,26,29,30,32)/t21-/m0/s1. The normalized spacial score (nSPS) is 12.4. The van der Waals surface area contributed by atoms with Crippen molar-refractivity contribution >= 4 is 33.8 Å². The first-order valence-electron chi connectivity index (χ1n) is 10.8. The lowest BCUT2D eigenvalue weighted by Gasteiger charge is -2.15. The van der Waals surface area contributed by atoms with Crippen molar-refractivity contribution in [1.82, 2.24) is 25.3 Å². The van der Waals surface area contributed by atoms with Crippen molar-refractivity contribution in [3.8, 4) is 11.3 Å². The summed E-state index contributed by atoms with van der Waals surface area (Å²) in [5.74, 6) is 0.842. The molecule has 0 saturated heterocycles. The van der Waals surface area contributed by atoms with Crippen LogP contribution in [0.2, 0.25) is 0 Å². The number of amides is 1. The number of hydrogen-bond donors (Lipinski definition) is 5. The van der Waals surface area contributed by atoms with Crippen LogP contribution in [0, 0.1) is 6.92 Å². The largest absolute Gasteiger partial charge is 0.384 e. The fourth-order valence-electron chi connectivity index (χ4n) is 4.14. The molecule has 8 nitrogen and oxygen atoms in total. The first-order chi connectivity index (χ1) is 16.0. The molecule has 33 heavy (non-hydrogen) atoms. The first-order valence-corrected chi connectivity index (χ1v) is 10.8. The zero-order valence-corrected chi connectivity index (χ0v) is 18.2. The van der Waals surface area contributed by atoms with E-state index >= 15 is 0 Å². The molecule has 5 rings (SSSR count). The second-order valence-corrected chi connectivity index (χ2v) is 8.25. The summed E-state index contributed by atoms with van der Waals surface area (Å²) in [5.41, 5.74) is 18.1. The number of carbonyl (C=O) groups excluding carboxylic acids is 1. The van der Waals surface area contributed by atoms with Gasteiger partial charge in [0.05, 0.1) is 11.6 Å². The number of benzene rings is 2. The van der Waals surface area contributed by atoms with Crippen molar-refractivity contribution < 1.29 is 4.79 Å². The summed E-state index contributed by atoms with van der Waals surface area (Å²) in [6, 6.07) is 19.5. The van der Waals surface area contributed by atoms with Gasteiger partial charge in [0, 0.05) is 28.7 Å². The maximum absolute atomic E-state index is 12.0. The van der Waals surface area contributed by atoms with Crippen molar-refractivity contribution in [2.75, 3.05) is 5.73 Å². The van der Waals surface area contributed by atoms with E-state index in [1.165, 1.54) is 0 Å². The monoisotopic (exact) mass is 439 g/mol. The summed E-state index contributed by atoms with van der Waals surface area (Å²) in [4.78, 5) is 27.4. The van der Waals surface area contributed by atoms with Gasteiger partial charge in [-0.2, -0.15) is 0 Å². The maximum Gasteiger partial charge on any atom is 0.234 e. The van der Waals surface area contributed by atoms with E-state index in [0.717, 1.165) is 44.6 Å². The molecule has 0 aliphatic carbocycles. The number of aromatic amines is 2. The molecule has 0 radical (unpaired) electrons. The van der Waals surface area contributed by atoms with Crippen LogP contribution in [-0.4, -0.2) is 31.9 Å². The molecular weight excluding hydrogens is 414 g/mol. The number of nitrogens with one attached hydrogen (secondary N) is 3. The molecular formula is C25H25N7O. The zero-order valence-electron chi connectivity index (χ0n) is 18.2. The minimum absolute atomic E-state index is 0.363.